The zero-order valence-electron chi connectivity index (χ0n) is 15.9. The van der Waals surface area contributed by atoms with Gasteiger partial charge in [0.25, 0.3) is 0 Å². The van der Waals surface area contributed by atoms with Crippen molar-refractivity contribution in [3.8, 4) is 11.4 Å². The zero-order chi connectivity index (χ0) is 20.1. The van der Waals surface area contributed by atoms with Gasteiger partial charge in [0.2, 0.25) is 5.91 Å². The van der Waals surface area contributed by atoms with Crippen LogP contribution in [-0.4, -0.2) is 38.5 Å². The van der Waals surface area contributed by atoms with Gasteiger partial charge in [-0.05, 0) is 30.9 Å². The van der Waals surface area contributed by atoms with Crippen LogP contribution in [0.25, 0.3) is 11.4 Å². The number of hydrogen-bond acceptors (Lipinski definition) is 5. The summed E-state index contributed by atoms with van der Waals surface area (Å²) in [7, 11) is 1.82. The van der Waals surface area contributed by atoms with Crippen LogP contribution in [0.3, 0.4) is 0 Å². The predicted octanol–water partition coefficient (Wildman–Crippen LogP) is 3.63. The Kier molecular flexibility index (Phi) is 6.96. The Bertz CT molecular complexity index is 857. The van der Waals surface area contributed by atoms with Gasteiger partial charge in [-0.15, -0.1) is 10.2 Å². The molecule has 2 atom stereocenters. The molecule has 1 aliphatic rings. The lowest BCUT2D eigenvalue weighted by Crippen LogP contribution is -2.48. The number of aromatic nitrogens is 3. The first-order chi connectivity index (χ1) is 13.5. The van der Waals surface area contributed by atoms with Crippen molar-refractivity contribution < 1.29 is 9.59 Å². The molecule has 0 aliphatic heterocycles. The molecule has 0 unspecified atom stereocenters. The molecule has 0 spiro atoms. The number of thioether (sulfide) groups is 1. The molecule has 7 nitrogen and oxygen atoms in total. The molecular formula is C19H24ClN5O2S. The highest BCUT2D eigenvalue weighted by atomic mass is 35.5. The fourth-order valence-electron chi connectivity index (χ4n) is 3.35. The van der Waals surface area contributed by atoms with E-state index in [0.29, 0.717) is 21.9 Å². The lowest BCUT2D eigenvalue weighted by Gasteiger charge is -2.29. The SMILES string of the molecule is C[C@@H]1CCCC[C@@H]1NC(=O)NC(=O)CSc1nnc(-c2ccccc2Cl)n1C. The van der Waals surface area contributed by atoms with E-state index in [0.717, 1.165) is 24.8 Å². The van der Waals surface area contributed by atoms with Gasteiger partial charge in [0.15, 0.2) is 11.0 Å². The van der Waals surface area contributed by atoms with E-state index in [1.807, 2.05) is 25.2 Å². The largest absolute Gasteiger partial charge is 0.335 e. The van der Waals surface area contributed by atoms with Gasteiger partial charge < -0.3 is 9.88 Å². The number of hydrogen-bond donors (Lipinski definition) is 2. The lowest BCUT2D eigenvalue weighted by molar-refractivity contribution is -0.117. The molecule has 1 aromatic heterocycles. The highest BCUT2D eigenvalue weighted by Gasteiger charge is 2.23. The molecule has 9 heteroatoms. The standard InChI is InChI=1S/C19H24ClN5O2S/c1-12-7-3-6-10-15(12)21-18(27)22-16(26)11-28-19-24-23-17(25(19)2)13-8-4-5-9-14(13)20/h4-5,8-9,12,15H,3,6-7,10-11H2,1-2H3,(H2,21,22,26,27)/t12-,15+/m1/s1. The second-order valence-electron chi connectivity index (χ2n) is 7.02. The molecule has 1 aromatic carbocycles. The highest BCUT2D eigenvalue weighted by molar-refractivity contribution is 7.99. The molecule has 3 rings (SSSR count). The van der Waals surface area contributed by atoms with E-state index in [4.69, 9.17) is 11.6 Å². The first-order valence-corrected chi connectivity index (χ1v) is 10.7. The van der Waals surface area contributed by atoms with Crippen molar-refractivity contribution in [3.63, 3.8) is 0 Å². The van der Waals surface area contributed by atoms with Crippen molar-refractivity contribution in [1.29, 1.82) is 0 Å². The van der Waals surface area contributed by atoms with E-state index in [2.05, 4.69) is 27.8 Å². The van der Waals surface area contributed by atoms with E-state index in [1.54, 1.807) is 10.6 Å². The number of urea groups is 1. The molecule has 3 amide bonds. The Balaban J connectivity index is 1.52. The monoisotopic (exact) mass is 421 g/mol. The second kappa shape index (κ2) is 9.43. The molecular weight excluding hydrogens is 398 g/mol. The number of benzene rings is 1. The zero-order valence-corrected chi connectivity index (χ0v) is 17.5. The van der Waals surface area contributed by atoms with Crippen LogP contribution < -0.4 is 10.6 Å². The van der Waals surface area contributed by atoms with Gasteiger partial charge in [0.1, 0.15) is 0 Å². The second-order valence-corrected chi connectivity index (χ2v) is 8.37. The summed E-state index contributed by atoms with van der Waals surface area (Å²) in [5.41, 5.74) is 0.774. The third-order valence-corrected chi connectivity index (χ3v) is 6.31. The van der Waals surface area contributed by atoms with Gasteiger partial charge >= 0.3 is 6.03 Å². The van der Waals surface area contributed by atoms with Crippen LogP contribution in [0.15, 0.2) is 29.4 Å². The summed E-state index contributed by atoms with van der Waals surface area (Å²) in [6.45, 7) is 2.13. The summed E-state index contributed by atoms with van der Waals surface area (Å²) in [5, 5.41) is 14.8. The number of rotatable bonds is 5. The van der Waals surface area contributed by atoms with Crippen LogP contribution in [0.2, 0.25) is 5.02 Å². The molecule has 2 aromatic rings. The summed E-state index contributed by atoms with van der Waals surface area (Å²) in [6, 6.07) is 7.08. The predicted molar refractivity (Wildman–Crippen MR) is 110 cm³/mol. The minimum Gasteiger partial charge on any atom is -0.335 e. The van der Waals surface area contributed by atoms with Gasteiger partial charge in [0, 0.05) is 18.7 Å². The summed E-state index contributed by atoms with van der Waals surface area (Å²) < 4.78 is 1.78. The summed E-state index contributed by atoms with van der Waals surface area (Å²) >= 11 is 7.44. The average molecular weight is 422 g/mol. The third kappa shape index (κ3) is 5.05. The van der Waals surface area contributed by atoms with Crippen LogP contribution >= 0.6 is 23.4 Å². The molecule has 0 saturated heterocycles. The number of imide groups is 1. The molecule has 1 heterocycles. The molecule has 0 radical (unpaired) electrons. The topological polar surface area (TPSA) is 88.9 Å². The van der Waals surface area contributed by atoms with Crippen molar-refractivity contribution in [2.24, 2.45) is 13.0 Å². The number of nitrogens with zero attached hydrogens (tertiary/aromatic N) is 3. The van der Waals surface area contributed by atoms with Gasteiger partial charge in [-0.2, -0.15) is 0 Å². The third-order valence-electron chi connectivity index (χ3n) is 4.96. The fraction of sp³-hybridized carbons (Fsp3) is 0.474. The maximum Gasteiger partial charge on any atom is 0.321 e. The van der Waals surface area contributed by atoms with Gasteiger partial charge in [0.05, 0.1) is 10.8 Å². The van der Waals surface area contributed by atoms with E-state index < -0.39 is 6.03 Å². The normalized spacial score (nSPS) is 19.2. The van der Waals surface area contributed by atoms with Crippen molar-refractivity contribution >= 4 is 35.3 Å². The molecule has 0 bridgehead atoms. The van der Waals surface area contributed by atoms with Crippen molar-refractivity contribution in [2.45, 2.75) is 43.8 Å². The van der Waals surface area contributed by atoms with Crippen LogP contribution in [0, 0.1) is 5.92 Å². The van der Waals surface area contributed by atoms with Gasteiger partial charge in [-0.25, -0.2) is 4.79 Å². The molecule has 2 N–H and O–H groups in total. The summed E-state index contributed by atoms with van der Waals surface area (Å²) in [6.07, 6.45) is 4.37. The van der Waals surface area contributed by atoms with Crippen molar-refractivity contribution in [3.05, 3.63) is 29.3 Å². The Hall–Kier alpha value is -2.06. The van der Waals surface area contributed by atoms with E-state index in [-0.39, 0.29) is 17.7 Å². The number of nitrogens with one attached hydrogen (secondary N) is 2. The smallest absolute Gasteiger partial charge is 0.321 e. The quantitative estimate of drug-likeness (QED) is 0.719. The number of carbonyl (C=O) groups is 2. The van der Waals surface area contributed by atoms with Crippen molar-refractivity contribution in [1.82, 2.24) is 25.4 Å². The lowest BCUT2D eigenvalue weighted by atomic mass is 9.86. The average Bonchev–Trinajstić information content (AvgIpc) is 3.03. The summed E-state index contributed by atoms with van der Waals surface area (Å²) in [4.78, 5) is 24.2. The Morgan fingerprint density at radius 2 is 2.00 bits per heavy atom. The van der Waals surface area contributed by atoms with Gasteiger partial charge in [-0.3, -0.25) is 10.1 Å². The van der Waals surface area contributed by atoms with Crippen LogP contribution in [-0.2, 0) is 11.8 Å². The van der Waals surface area contributed by atoms with E-state index in [1.165, 1.54) is 18.2 Å². The Morgan fingerprint density at radius 3 is 2.75 bits per heavy atom. The Morgan fingerprint density at radius 1 is 1.25 bits per heavy atom. The van der Waals surface area contributed by atoms with E-state index in [9.17, 15) is 9.59 Å². The minimum atomic E-state index is -0.431. The maximum absolute atomic E-state index is 12.1. The molecule has 1 saturated carbocycles. The molecule has 1 aliphatic carbocycles. The number of halogens is 1. The summed E-state index contributed by atoms with van der Waals surface area (Å²) in [5.74, 6) is 0.763. The fourth-order valence-corrected chi connectivity index (χ4v) is 4.28. The van der Waals surface area contributed by atoms with Gasteiger partial charge in [-0.1, -0.05) is 55.3 Å². The Labute approximate surface area is 173 Å². The maximum atomic E-state index is 12.1. The highest BCUT2D eigenvalue weighted by Crippen LogP contribution is 2.28. The molecule has 1 fully saturated rings. The van der Waals surface area contributed by atoms with Crippen molar-refractivity contribution in [2.75, 3.05) is 5.75 Å². The van der Waals surface area contributed by atoms with Crippen LogP contribution in [0.4, 0.5) is 4.79 Å². The van der Waals surface area contributed by atoms with Crippen LogP contribution in [0.5, 0.6) is 0 Å². The first kappa shape index (κ1) is 20.7. The number of carbonyl (C=O) groups excluding carboxylic acids is 2. The number of amides is 3. The molecule has 150 valence electrons. The molecule has 28 heavy (non-hydrogen) atoms. The van der Waals surface area contributed by atoms with E-state index >= 15 is 0 Å². The minimum absolute atomic E-state index is 0.0716. The first-order valence-electron chi connectivity index (χ1n) is 9.33. The van der Waals surface area contributed by atoms with Crippen LogP contribution in [0.1, 0.15) is 32.6 Å².